The smallest absolute Gasteiger partial charge is 0.256 e. The number of nitrogens with one attached hydrogen (secondary N) is 1. The number of carbonyl (C=O) groups is 1. The van der Waals surface area contributed by atoms with Gasteiger partial charge in [0, 0.05) is 49.0 Å². The Kier molecular flexibility index (Phi) is 6.13. The molecule has 0 atom stereocenters. The molecule has 1 aliphatic heterocycles. The van der Waals surface area contributed by atoms with E-state index in [4.69, 9.17) is 9.72 Å². The van der Waals surface area contributed by atoms with E-state index < -0.39 is 0 Å². The minimum atomic E-state index is -0.150. The lowest BCUT2D eigenvalue weighted by atomic mass is 10.0. The summed E-state index contributed by atoms with van der Waals surface area (Å²) in [5.41, 5.74) is 6.97. The fourth-order valence-electron chi connectivity index (χ4n) is 4.60. The summed E-state index contributed by atoms with van der Waals surface area (Å²) in [6.07, 6.45) is 0. The number of pyridine rings is 1. The first-order chi connectivity index (χ1) is 16.5. The van der Waals surface area contributed by atoms with Crippen molar-refractivity contribution in [1.82, 2.24) is 19.7 Å². The highest BCUT2D eigenvalue weighted by molar-refractivity contribution is 6.13. The van der Waals surface area contributed by atoms with Crippen molar-refractivity contribution >= 4 is 22.5 Å². The summed E-state index contributed by atoms with van der Waals surface area (Å²) < 4.78 is 7.29. The van der Waals surface area contributed by atoms with Gasteiger partial charge in [-0.1, -0.05) is 30.3 Å². The van der Waals surface area contributed by atoms with Crippen LogP contribution in [-0.4, -0.2) is 51.9 Å². The molecule has 2 aromatic carbocycles. The maximum Gasteiger partial charge on any atom is 0.256 e. The van der Waals surface area contributed by atoms with Crippen LogP contribution in [0, 0.1) is 13.8 Å². The van der Waals surface area contributed by atoms with Gasteiger partial charge in [-0.2, -0.15) is 5.10 Å². The highest BCUT2D eigenvalue weighted by atomic mass is 16.5. The molecule has 7 nitrogen and oxygen atoms in total. The van der Waals surface area contributed by atoms with Crippen LogP contribution < -0.4 is 5.32 Å². The zero-order valence-corrected chi connectivity index (χ0v) is 19.8. The fourth-order valence-corrected chi connectivity index (χ4v) is 4.60. The molecule has 34 heavy (non-hydrogen) atoms. The highest BCUT2D eigenvalue weighted by Crippen LogP contribution is 2.29. The summed E-state index contributed by atoms with van der Waals surface area (Å²) in [4.78, 5) is 20.7. The third-order valence-corrected chi connectivity index (χ3v) is 6.42. The van der Waals surface area contributed by atoms with E-state index in [0.29, 0.717) is 5.56 Å². The van der Waals surface area contributed by atoms with Crippen molar-refractivity contribution in [2.24, 2.45) is 7.05 Å². The number of amides is 1. The molecule has 174 valence electrons. The van der Waals surface area contributed by atoms with Crippen LogP contribution in [0.1, 0.15) is 27.3 Å². The third kappa shape index (κ3) is 4.44. The van der Waals surface area contributed by atoms with E-state index in [9.17, 15) is 4.79 Å². The summed E-state index contributed by atoms with van der Waals surface area (Å²) in [6, 6.07) is 17.7. The van der Waals surface area contributed by atoms with Crippen molar-refractivity contribution in [3.8, 4) is 11.3 Å². The first-order valence-electron chi connectivity index (χ1n) is 11.6. The maximum atomic E-state index is 13.5. The Labute approximate surface area is 199 Å². The van der Waals surface area contributed by atoms with Crippen LogP contribution in [0.25, 0.3) is 22.2 Å². The predicted octanol–water partition coefficient (Wildman–Crippen LogP) is 4.34. The number of benzene rings is 2. The Hall–Kier alpha value is -3.55. The van der Waals surface area contributed by atoms with E-state index in [0.717, 1.165) is 72.1 Å². The molecule has 2 aromatic heterocycles. The number of morpholine rings is 1. The molecule has 5 rings (SSSR count). The molecule has 1 aliphatic rings. The number of aromatic nitrogens is 3. The summed E-state index contributed by atoms with van der Waals surface area (Å²) in [7, 11) is 1.92. The van der Waals surface area contributed by atoms with Gasteiger partial charge in [-0.05, 0) is 43.7 Å². The average Bonchev–Trinajstić information content (AvgIpc) is 3.10. The lowest BCUT2D eigenvalue weighted by molar-refractivity contribution is 0.0342. The van der Waals surface area contributed by atoms with Crippen LogP contribution in [0.5, 0.6) is 0 Å². The molecule has 7 heteroatoms. The van der Waals surface area contributed by atoms with Crippen LogP contribution in [0.2, 0.25) is 0 Å². The molecule has 0 unspecified atom stereocenters. The van der Waals surface area contributed by atoms with Gasteiger partial charge in [0.2, 0.25) is 0 Å². The number of hydrogen-bond donors (Lipinski definition) is 1. The van der Waals surface area contributed by atoms with E-state index in [1.807, 2.05) is 74.1 Å². The van der Waals surface area contributed by atoms with Gasteiger partial charge in [-0.25, -0.2) is 4.98 Å². The summed E-state index contributed by atoms with van der Waals surface area (Å²) in [5.74, 6) is -0.150. The fraction of sp³-hybridized carbons (Fsp3) is 0.296. The van der Waals surface area contributed by atoms with E-state index in [-0.39, 0.29) is 5.91 Å². The van der Waals surface area contributed by atoms with Crippen LogP contribution in [0.15, 0.2) is 54.6 Å². The highest BCUT2D eigenvalue weighted by Gasteiger charge is 2.19. The van der Waals surface area contributed by atoms with Crippen LogP contribution in [-0.2, 0) is 18.3 Å². The lowest BCUT2D eigenvalue weighted by Crippen LogP contribution is -2.35. The largest absolute Gasteiger partial charge is 0.379 e. The van der Waals surface area contributed by atoms with Gasteiger partial charge in [-0.3, -0.25) is 14.4 Å². The third-order valence-electron chi connectivity index (χ3n) is 6.42. The number of hydrogen-bond acceptors (Lipinski definition) is 5. The van der Waals surface area contributed by atoms with Gasteiger partial charge in [0.1, 0.15) is 0 Å². The van der Waals surface area contributed by atoms with Crippen molar-refractivity contribution in [2.45, 2.75) is 20.4 Å². The van der Waals surface area contributed by atoms with Gasteiger partial charge in [0.05, 0.1) is 35.7 Å². The molecule has 1 N–H and O–H groups in total. The van der Waals surface area contributed by atoms with E-state index in [1.165, 1.54) is 5.56 Å². The average molecular weight is 456 g/mol. The monoisotopic (exact) mass is 455 g/mol. The Bertz CT molecular complexity index is 1350. The van der Waals surface area contributed by atoms with Crippen molar-refractivity contribution < 1.29 is 9.53 Å². The minimum absolute atomic E-state index is 0.150. The van der Waals surface area contributed by atoms with Gasteiger partial charge in [-0.15, -0.1) is 0 Å². The number of nitrogens with zero attached hydrogens (tertiary/aromatic N) is 4. The topological polar surface area (TPSA) is 72.3 Å². The number of carbonyl (C=O) groups excluding carboxylic acids is 1. The van der Waals surface area contributed by atoms with Crippen molar-refractivity contribution in [3.05, 3.63) is 77.1 Å². The second kappa shape index (κ2) is 9.37. The van der Waals surface area contributed by atoms with E-state index in [1.54, 1.807) is 0 Å². The number of ether oxygens (including phenoxy) is 1. The quantitative estimate of drug-likeness (QED) is 0.485. The minimum Gasteiger partial charge on any atom is -0.379 e. The second-order valence-corrected chi connectivity index (χ2v) is 8.78. The molecule has 0 saturated carbocycles. The van der Waals surface area contributed by atoms with Gasteiger partial charge in [0.15, 0.2) is 0 Å². The zero-order valence-electron chi connectivity index (χ0n) is 19.8. The van der Waals surface area contributed by atoms with Crippen LogP contribution >= 0.6 is 0 Å². The van der Waals surface area contributed by atoms with Gasteiger partial charge < -0.3 is 10.1 Å². The Balaban J connectivity index is 1.47. The Morgan fingerprint density at radius 3 is 2.62 bits per heavy atom. The normalized spacial score (nSPS) is 14.4. The molecular formula is C27H29N5O2. The van der Waals surface area contributed by atoms with Crippen molar-refractivity contribution in [2.75, 3.05) is 31.6 Å². The standard InChI is InChI=1S/C27H29N5O2/c1-18-26(19(2)31(3)30-18)25-16-23(22-9-4-5-10-24(22)29-25)27(33)28-21-8-6-7-20(15-21)17-32-11-13-34-14-12-32/h4-10,15-16H,11-14,17H2,1-3H3,(H,28,33). The molecule has 4 aromatic rings. The molecule has 0 aliphatic carbocycles. The number of rotatable bonds is 5. The number of para-hydroxylation sites is 1. The van der Waals surface area contributed by atoms with Crippen molar-refractivity contribution in [3.63, 3.8) is 0 Å². The molecule has 0 radical (unpaired) electrons. The molecule has 1 amide bonds. The summed E-state index contributed by atoms with van der Waals surface area (Å²) >= 11 is 0. The van der Waals surface area contributed by atoms with Crippen molar-refractivity contribution in [1.29, 1.82) is 0 Å². The molecule has 0 bridgehead atoms. The van der Waals surface area contributed by atoms with E-state index in [2.05, 4.69) is 21.4 Å². The number of anilines is 1. The first kappa shape index (κ1) is 22.3. The van der Waals surface area contributed by atoms with Gasteiger partial charge in [0.25, 0.3) is 5.91 Å². The molecule has 1 fully saturated rings. The number of aryl methyl sites for hydroxylation is 2. The number of fused-ring (bicyclic) bond motifs is 1. The van der Waals surface area contributed by atoms with Gasteiger partial charge >= 0.3 is 0 Å². The molecular weight excluding hydrogens is 426 g/mol. The SMILES string of the molecule is Cc1nn(C)c(C)c1-c1cc(C(=O)Nc2cccc(CN3CCOCC3)c2)c2ccccc2n1. The molecule has 1 saturated heterocycles. The summed E-state index contributed by atoms with van der Waals surface area (Å²) in [6.45, 7) is 8.22. The van der Waals surface area contributed by atoms with Crippen LogP contribution in [0.4, 0.5) is 5.69 Å². The maximum absolute atomic E-state index is 13.5. The summed E-state index contributed by atoms with van der Waals surface area (Å²) in [5, 5.41) is 8.47. The Morgan fingerprint density at radius 2 is 1.85 bits per heavy atom. The predicted molar refractivity (Wildman–Crippen MR) is 134 cm³/mol. The Morgan fingerprint density at radius 1 is 1.06 bits per heavy atom. The lowest BCUT2D eigenvalue weighted by Gasteiger charge is -2.26. The molecule has 3 heterocycles. The molecule has 0 spiro atoms. The van der Waals surface area contributed by atoms with E-state index >= 15 is 0 Å². The van der Waals surface area contributed by atoms with Crippen LogP contribution in [0.3, 0.4) is 0 Å². The first-order valence-corrected chi connectivity index (χ1v) is 11.6. The second-order valence-electron chi connectivity index (χ2n) is 8.78. The zero-order chi connectivity index (χ0) is 23.7.